The minimum absolute atomic E-state index is 0.0417. The van der Waals surface area contributed by atoms with Crippen molar-refractivity contribution in [3.05, 3.63) is 98.1 Å². The second kappa shape index (κ2) is 15.6. The monoisotopic (exact) mass is 550 g/mol. The summed E-state index contributed by atoms with van der Waals surface area (Å²) >= 11 is 0. The molecule has 2 unspecified atom stereocenters. The third-order valence-electron chi connectivity index (χ3n) is 5.00. The molecule has 0 aliphatic rings. The Morgan fingerprint density at radius 1 is 0.550 bits per heavy atom. The van der Waals surface area contributed by atoms with Crippen molar-refractivity contribution >= 4 is 11.9 Å². The predicted molar refractivity (Wildman–Crippen MR) is 145 cm³/mol. The first-order valence-electron chi connectivity index (χ1n) is 12.2. The summed E-state index contributed by atoms with van der Waals surface area (Å²) in [5, 5.41) is 19.6. The van der Waals surface area contributed by atoms with Crippen LogP contribution in [-0.4, -0.2) is 60.8 Å². The summed E-state index contributed by atoms with van der Waals surface area (Å²) in [6.07, 6.45) is 0.115. The van der Waals surface area contributed by atoms with E-state index < -0.39 is 24.1 Å². The van der Waals surface area contributed by atoms with E-state index >= 15 is 0 Å². The summed E-state index contributed by atoms with van der Waals surface area (Å²) in [6, 6.07) is 20.7. The van der Waals surface area contributed by atoms with Crippen molar-refractivity contribution in [1.82, 2.24) is 0 Å². The van der Waals surface area contributed by atoms with E-state index in [-0.39, 0.29) is 26.4 Å². The zero-order chi connectivity index (χ0) is 28.7. The van der Waals surface area contributed by atoms with Crippen molar-refractivity contribution in [2.45, 2.75) is 12.2 Å². The van der Waals surface area contributed by atoms with Crippen LogP contribution in [0.15, 0.2) is 98.1 Å². The molecule has 3 aromatic carbocycles. The molecule has 2 atom stereocenters. The summed E-state index contributed by atoms with van der Waals surface area (Å²) in [6.45, 7) is 6.12. The summed E-state index contributed by atoms with van der Waals surface area (Å²) < 4.78 is 32.2. The normalized spacial score (nSPS) is 11.8. The van der Waals surface area contributed by atoms with E-state index in [4.69, 9.17) is 28.4 Å². The third kappa shape index (κ3) is 10.5. The molecule has 0 bridgehead atoms. The number of ether oxygens (including phenoxy) is 6. The number of aliphatic hydroxyl groups excluding tert-OH is 2. The Morgan fingerprint density at radius 2 is 0.825 bits per heavy atom. The van der Waals surface area contributed by atoms with Crippen LogP contribution in [0.2, 0.25) is 0 Å². The van der Waals surface area contributed by atoms with Crippen molar-refractivity contribution in [3.63, 3.8) is 0 Å². The maximum atomic E-state index is 11.0. The van der Waals surface area contributed by atoms with Gasteiger partial charge in [0, 0.05) is 12.2 Å². The highest BCUT2D eigenvalue weighted by Gasteiger charge is 2.10. The maximum Gasteiger partial charge on any atom is 0.330 e. The SMILES string of the molecule is C=CC(=O)OCC(O)COc1ccc(Oc2ccc(Oc3ccc(OCC(O)COC(=O)C=C)cc3)cc2)cc1. The summed E-state index contributed by atoms with van der Waals surface area (Å²) in [5.41, 5.74) is 0. The standard InChI is InChI=1S/C30H30O10/c1-3-29(33)37-19-21(31)17-35-23-5-9-25(10-6-23)39-27-13-15-28(16-14-27)40-26-11-7-24(8-12-26)36-18-22(32)20-38-30(34)4-2/h3-16,21-22,31-32H,1-2,17-20H2. The molecule has 2 N–H and O–H groups in total. The fraction of sp³-hybridized carbons (Fsp3) is 0.200. The first-order valence-corrected chi connectivity index (χ1v) is 12.2. The van der Waals surface area contributed by atoms with Crippen molar-refractivity contribution in [2.24, 2.45) is 0 Å². The quantitative estimate of drug-likeness (QED) is 0.198. The Labute approximate surface area is 231 Å². The van der Waals surface area contributed by atoms with Crippen molar-refractivity contribution < 1.29 is 48.2 Å². The molecule has 0 fully saturated rings. The lowest BCUT2D eigenvalue weighted by Crippen LogP contribution is -2.24. The van der Waals surface area contributed by atoms with Gasteiger partial charge in [0.1, 0.15) is 73.1 Å². The Balaban J connectivity index is 1.41. The molecule has 0 saturated carbocycles. The van der Waals surface area contributed by atoms with Crippen LogP contribution in [-0.2, 0) is 19.1 Å². The molecule has 3 aromatic rings. The van der Waals surface area contributed by atoms with E-state index in [1.165, 1.54) is 0 Å². The zero-order valence-electron chi connectivity index (χ0n) is 21.6. The molecular formula is C30H30O10. The minimum atomic E-state index is -0.965. The molecule has 10 nitrogen and oxygen atoms in total. The fourth-order valence-corrected chi connectivity index (χ4v) is 3.01. The lowest BCUT2D eigenvalue weighted by atomic mass is 10.3. The van der Waals surface area contributed by atoms with Crippen LogP contribution in [0, 0.1) is 0 Å². The molecule has 0 aromatic heterocycles. The van der Waals surface area contributed by atoms with Gasteiger partial charge in [-0.25, -0.2) is 9.59 Å². The van der Waals surface area contributed by atoms with E-state index in [1.807, 2.05) is 0 Å². The number of rotatable bonds is 16. The van der Waals surface area contributed by atoms with E-state index in [0.717, 1.165) is 12.2 Å². The molecule has 10 heteroatoms. The van der Waals surface area contributed by atoms with Crippen LogP contribution in [0.1, 0.15) is 0 Å². The van der Waals surface area contributed by atoms with E-state index in [1.54, 1.807) is 72.8 Å². The van der Waals surface area contributed by atoms with Crippen LogP contribution in [0.5, 0.6) is 34.5 Å². The van der Waals surface area contributed by atoms with Crippen LogP contribution >= 0.6 is 0 Å². The highest BCUT2D eigenvalue weighted by molar-refractivity contribution is 5.81. The largest absolute Gasteiger partial charge is 0.491 e. The average molecular weight is 551 g/mol. The molecule has 0 amide bonds. The van der Waals surface area contributed by atoms with Crippen molar-refractivity contribution in [1.29, 1.82) is 0 Å². The third-order valence-corrected chi connectivity index (χ3v) is 5.00. The van der Waals surface area contributed by atoms with Gasteiger partial charge in [0.2, 0.25) is 0 Å². The van der Waals surface area contributed by atoms with Gasteiger partial charge in [-0.3, -0.25) is 0 Å². The lowest BCUT2D eigenvalue weighted by molar-refractivity contribution is -0.142. The predicted octanol–water partition coefficient (Wildman–Crippen LogP) is 4.21. The summed E-state index contributed by atoms with van der Waals surface area (Å²) in [4.78, 5) is 22.1. The Bertz CT molecular complexity index is 1140. The number of hydrogen-bond acceptors (Lipinski definition) is 10. The molecule has 0 radical (unpaired) electrons. The van der Waals surface area contributed by atoms with Gasteiger partial charge in [0.05, 0.1) is 0 Å². The molecular weight excluding hydrogens is 520 g/mol. The van der Waals surface area contributed by atoms with Crippen molar-refractivity contribution in [2.75, 3.05) is 26.4 Å². The molecule has 0 aliphatic heterocycles. The molecule has 0 aliphatic carbocycles. The minimum Gasteiger partial charge on any atom is -0.491 e. The van der Waals surface area contributed by atoms with E-state index in [9.17, 15) is 19.8 Å². The van der Waals surface area contributed by atoms with Crippen LogP contribution < -0.4 is 18.9 Å². The zero-order valence-corrected chi connectivity index (χ0v) is 21.6. The highest BCUT2D eigenvalue weighted by atomic mass is 16.6. The number of carbonyl (C=O) groups is 2. The summed E-state index contributed by atoms with van der Waals surface area (Å²) in [7, 11) is 0. The number of aliphatic hydroxyl groups is 2. The second-order valence-corrected chi connectivity index (χ2v) is 8.22. The second-order valence-electron chi connectivity index (χ2n) is 8.22. The van der Waals surface area contributed by atoms with Crippen LogP contribution in [0.25, 0.3) is 0 Å². The van der Waals surface area contributed by atoms with Gasteiger partial charge in [-0.2, -0.15) is 0 Å². The number of esters is 2. The Morgan fingerprint density at radius 3 is 1.10 bits per heavy atom. The maximum absolute atomic E-state index is 11.0. The Kier molecular flexibility index (Phi) is 11.6. The number of hydrogen-bond donors (Lipinski definition) is 2. The molecule has 0 spiro atoms. The molecule has 0 saturated heterocycles. The van der Waals surface area contributed by atoms with Gasteiger partial charge in [0.15, 0.2) is 0 Å². The topological polar surface area (TPSA) is 130 Å². The smallest absolute Gasteiger partial charge is 0.330 e. The van der Waals surface area contributed by atoms with Gasteiger partial charge < -0.3 is 38.6 Å². The fourth-order valence-electron chi connectivity index (χ4n) is 3.01. The van der Waals surface area contributed by atoms with Crippen LogP contribution in [0.4, 0.5) is 0 Å². The average Bonchev–Trinajstić information content (AvgIpc) is 2.98. The molecule has 0 heterocycles. The van der Waals surface area contributed by atoms with E-state index in [0.29, 0.717) is 34.5 Å². The van der Waals surface area contributed by atoms with Crippen molar-refractivity contribution in [3.8, 4) is 34.5 Å². The molecule has 210 valence electrons. The lowest BCUT2D eigenvalue weighted by Gasteiger charge is -2.13. The van der Waals surface area contributed by atoms with Crippen LogP contribution in [0.3, 0.4) is 0 Å². The van der Waals surface area contributed by atoms with Gasteiger partial charge in [0.25, 0.3) is 0 Å². The molecule has 3 rings (SSSR count). The highest BCUT2D eigenvalue weighted by Crippen LogP contribution is 2.28. The van der Waals surface area contributed by atoms with Gasteiger partial charge in [-0.05, 0) is 72.8 Å². The first kappa shape index (κ1) is 29.8. The number of carbonyl (C=O) groups excluding carboxylic acids is 2. The number of benzene rings is 3. The van der Waals surface area contributed by atoms with E-state index in [2.05, 4.69) is 13.2 Å². The van der Waals surface area contributed by atoms with Gasteiger partial charge >= 0.3 is 11.9 Å². The van der Waals surface area contributed by atoms with Gasteiger partial charge in [-0.15, -0.1) is 0 Å². The molecule has 40 heavy (non-hydrogen) atoms. The first-order chi connectivity index (χ1) is 19.3. The summed E-state index contributed by atoms with van der Waals surface area (Å²) in [5.74, 6) is 2.19. The van der Waals surface area contributed by atoms with Gasteiger partial charge in [-0.1, -0.05) is 13.2 Å². The Hall–Kier alpha value is -4.80.